The Morgan fingerprint density at radius 1 is 1.44 bits per heavy atom. The number of aliphatic hydroxyl groups excluding tert-OH is 1. The third-order valence-corrected chi connectivity index (χ3v) is 3.49. The van der Waals surface area contributed by atoms with Gasteiger partial charge in [0.05, 0.1) is 13.2 Å². The molecule has 0 atom stereocenters. The summed E-state index contributed by atoms with van der Waals surface area (Å²) < 4.78 is 6.69. The van der Waals surface area contributed by atoms with Crippen LogP contribution in [-0.2, 0) is 6.61 Å². The quantitative estimate of drug-likeness (QED) is 0.817. The average molecular weight is 305 g/mol. The van der Waals surface area contributed by atoms with E-state index in [9.17, 15) is 5.11 Å². The molecule has 0 aliphatic rings. The molecule has 0 saturated carbocycles. The summed E-state index contributed by atoms with van der Waals surface area (Å²) in [7, 11) is 0. The molecule has 0 unspecified atom stereocenters. The topological polar surface area (TPSA) is 29.5 Å². The molecule has 16 heavy (non-hydrogen) atoms. The Morgan fingerprint density at radius 2 is 2.19 bits per heavy atom. The number of aliphatic hydroxyl groups is 1. The van der Waals surface area contributed by atoms with E-state index < -0.39 is 0 Å². The van der Waals surface area contributed by atoms with Gasteiger partial charge in [0.2, 0.25) is 0 Å². The number of ether oxygens (including phenoxy) is 1. The SMILES string of the molecule is CCSCCOc1c(C)cc(Br)cc1CO. The lowest BCUT2D eigenvalue weighted by Gasteiger charge is -2.13. The van der Waals surface area contributed by atoms with Crippen LogP contribution in [0.5, 0.6) is 5.75 Å². The van der Waals surface area contributed by atoms with Crippen molar-refractivity contribution in [2.24, 2.45) is 0 Å². The summed E-state index contributed by atoms with van der Waals surface area (Å²) in [6.45, 7) is 4.82. The molecular weight excluding hydrogens is 288 g/mol. The molecule has 2 nitrogen and oxygen atoms in total. The van der Waals surface area contributed by atoms with Gasteiger partial charge in [0, 0.05) is 15.8 Å². The molecule has 0 heterocycles. The summed E-state index contributed by atoms with van der Waals surface area (Å²) in [6.07, 6.45) is 0. The second kappa shape index (κ2) is 7.20. The van der Waals surface area contributed by atoms with E-state index >= 15 is 0 Å². The Hall–Kier alpha value is -0.190. The molecule has 0 saturated heterocycles. The van der Waals surface area contributed by atoms with Crippen LogP contribution in [0.2, 0.25) is 0 Å². The molecule has 1 N–H and O–H groups in total. The van der Waals surface area contributed by atoms with Crippen LogP contribution in [0.1, 0.15) is 18.1 Å². The highest BCUT2D eigenvalue weighted by molar-refractivity contribution is 9.10. The molecule has 0 spiro atoms. The van der Waals surface area contributed by atoms with Crippen molar-refractivity contribution in [1.29, 1.82) is 0 Å². The molecule has 1 aromatic carbocycles. The van der Waals surface area contributed by atoms with E-state index in [4.69, 9.17) is 4.74 Å². The highest BCUT2D eigenvalue weighted by Crippen LogP contribution is 2.28. The Balaban J connectivity index is 2.70. The molecular formula is C12H17BrO2S. The summed E-state index contributed by atoms with van der Waals surface area (Å²) in [5, 5.41) is 9.26. The third-order valence-electron chi connectivity index (χ3n) is 2.16. The van der Waals surface area contributed by atoms with Crippen LogP contribution in [0, 0.1) is 6.92 Å². The summed E-state index contributed by atoms with van der Waals surface area (Å²) >= 11 is 5.26. The van der Waals surface area contributed by atoms with Gasteiger partial charge in [0.25, 0.3) is 0 Å². The van der Waals surface area contributed by atoms with Gasteiger partial charge >= 0.3 is 0 Å². The van der Waals surface area contributed by atoms with Crippen molar-refractivity contribution in [1.82, 2.24) is 0 Å². The number of halogens is 1. The van der Waals surface area contributed by atoms with E-state index in [0.717, 1.165) is 32.9 Å². The van der Waals surface area contributed by atoms with Gasteiger partial charge in [-0.2, -0.15) is 11.8 Å². The van der Waals surface area contributed by atoms with Crippen LogP contribution >= 0.6 is 27.7 Å². The van der Waals surface area contributed by atoms with Crippen molar-refractivity contribution in [2.75, 3.05) is 18.1 Å². The van der Waals surface area contributed by atoms with Gasteiger partial charge in [-0.05, 0) is 30.4 Å². The average Bonchev–Trinajstić information content (AvgIpc) is 2.26. The normalized spacial score (nSPS) is 10.5. The van der Waals surface area contributed by atoms with Crippen molar-refractivity contribution in [3.63, 3.8) is 0 Å². The zero-order chi connectivity index (χ0) is 12.0. The fourth-order valence-electron chi connectivity index (χ4n) is 1.47. The first-order chi connectivity index (χ1) is 7.69. The number of hydrogen-bond donors (Lipinski definition) is 1. The van der Waals surface area contributed by atoms with Gasteiger partial charge in [-0.15, -0.1) is 0 Å². The van der Waals surface area contributed by atoms with Gasteiger partial charge in [0.15, 0.2) is 0 Å². The highest BCUT2D eigenvalue weighted by atomic mass is 79.9. The number of thioether (sulfide) groups is 1. The van der Waals surface area contributed by atoms with Crippen LogP contribution in [0.15, 0.2) is 16.6 Å². The molecule has 0 aromatic heterocycles. The predicted octanol–water partition coefficient (Wildman–Crippen LogP) is 3.38. The third kappa shape index (κ3) is 4.00. The standard InChI is InChI=1S/C12H17BrO2S/c1-3-16-5-4-15-12-9(2)6-11(13)7-10(12)8-14/h6-7,14H,3-5,8H2,1-2H3. The van der Waals surface area contributed by atoms with E-state index in [1.165, 1.54) is 0 Å². The fourth-order valence-corrected chi connectivity index (χ4v) is 2.58. The molecule has 0 aliphatic heterocycles. The number of benzene rings is 1. The molecule has 0 amide bonds. The molecule has 0 aliphatic carbocycles. The maximum Gasteiger partial charge on any atom is 0.127 e. The maximum atomic E-state index is 9.26. The Kier molecular flexibility index (Phi) is 6.24. The lowest BCUT2D eigenvalue weighted by Crippen LogP contribution is -2.04. The second-order valence-electron chi connectivity index (χ2n) is 3.41. The first-order valence-electron chi connectivity index (χ1n) is 5.29. The van der Waals surface area contributed by atoms with Crippen LogP contribution in [-0.4, -0.2) is 23.2 Å². The molecule has 1 rings (SSSR count). The first kappa shape index (κ1) is 13.9. The van der Waals surface area contributed by atoms with E-state index in [2.05, 4.69) is 22.9 Å². The summed E-state index contributed by atoms with van der Waals surface area (Å²) in [5.74, 6) is 2.91. The number of hydrogen-bond acceptors (Lipinski definition) is 3. The minimum atomic E-state index is 0.0105. The lowest BCUT2D eigenvalue weighted by molar-refractivity contribution is 0.267. The molecule has 0 radical (unpaired) electrons. The molecule has 0 fully saturated rings. The van der Waals surface area contributed by atoms with Crippen molar-refractivity contribution in [3.05, 3.63) is 27.7 Å². The second-order valence-corrected chi connectivity index (χ2v) is 5.72. The Bertz CT molecular complexity index is 342. The van der Waals surface area contributed by atoms with E-state index in [0.29, 0.717) is 6.61 Å². The lowest BCUT2D eigenvalue weighted by atomic mass is 10.1. The van der Waals surface area contributed by atoms with Crippen molar-refractivity contribution in [3.8, 4) is 5.75 Å². The molecule has 1 aromatic rings. The Labute approximate surface area is 110 Å². The van der Waals surface area contributed by atoms with Crippen LogP contribution in [0.3, 0.4) is 0 Å². The molecule has 90 valence electrons. The van der Waals surface area contributed by atoms with E-state index in [1.54, 1.807) is 0 Å². The van der Waals surface area contributed by atoms with Crippen molar-refractivity contribution < 1.29 is 9.84 Å². The van der Waals surface area contributed by atoms with Gasteiger partial charge in [-0.1, -0.05) is 22.9 Å². The monoisotopic (exact) mass is 304 g/mol. The maximum absolute atomic E-state index is 9.26. The Morgan fingerprint density at radius 3 is 2.81 bits per heavy atom. The van der Waals surface area contributed by atoms with E-state index in [1.807, 2.05) is 30.8 Å². The van der Waals surface area contributed by atoms with Crippen LogP contribution in [0.4, 0.5) is 0 Å². The summed E-state index contributed by atoms with van der Waals surface area (Å²) in [6, 6.07) is 3.90. The zero-order valence-corrected chi connectivity index (χ0v) is 12.0. The van der Waals surface area contributed by atoms with Crippen molar-refractivity contribution >= 4 is 27.7 Å². The van der Waals surface area contributed by atoms with E-state index in [-0.39, 0.29) is 6.61 Å². The number of aryl methyl sites for hydroxylation is 1. The smallest absolute Gasteiger partial charge is 0.127 e. The summed E-state index contributed by atoms with van der Waals surface area (Å²) in [5.41, 5.74) is 1.90. The fraction of sp³-hybridized carbons (Fsp3) is 0.500. The molecule has 0 bridgehead atoms. The minimum absolute atomic E-state index is 0.0105. The molecule has 4 heteroatoms. The predicted molar refractivity (Wildman–Crippen MR) is 73.3 cm³/mol. The van der Waals surface area contributed by atoms with Gasteiger partial charge in [0.1, 0.15) is 5.75 Å². The van der Waals surface area contributed by atoms with Gasteiger partial charge in [-0.25, -0.2) is 0 Å². The van der Waals surface area contributed by atoms with Gasteiger partial charge < -0.3 is 9.84 Å². The minimum Gasteiger partial charge on any atom is -0.492 e. The largest absolute Gasteiger partial charge is 0.492 e. The first-order valence-corrected chi connectivity index (χ1v) is 7.24. The van der Waals surface area contributed by atoms with Crippen LogP contribution in [0.25, 0.3) is 0 Å². The van der Waals surface area contributed by atoms with Crippen molar-refractivity contribution in [2.45, 2.75) is 20.5 Å². The summed E-state index contributed by atoms with van der Waals surface area (Å²) in [4.78, 5) is 0. The highest BCUT2D eigenvalue weighted by Gasteiger charge is 2.08. The van der Waals surface area contributed by atoms with Crippen LogP contribution < -0.4 is 4.74 Å². The number of rotatable bonds is 6. The zero-order valence-electron chi connectivity index (χ0n) is 9.62. The van der Waals surface area contributed by atoms with Gasteiger partial charge in [-0.3, -0.25) is 0 Å².